The average Bonchev–Trinajstić information content (AvgIpc) is 3.28. The van der Waals surface area contributed by atoms with Crippen molar-refractivity contribution in [2.45, 2.75) is 4.90 Å². The summed E-state index contributed by atoms with van der Waals surface area (Å²) in [5.41, 5.74) is 2.33. The third-order valence-corrected chi connectivity index (χ3v) is 6.27. The number of piperazine rings is 1. The van der Waals surface area contributed by atoms with Crippen molar-refractivity contribution in [2.75, 3.05) is 37.3 Å². The minimum atomic E-state index is -0.357. The average molecular weight is 450 g/mol. The molecule has 0 atom stereocenters. The largest absolute Gasteiger partial charge is 0.351 e. The van der Waals surface area contributed by atoms with Gasteiger partial charge in [0.1, 0.15) is 12.1 Å². The van der Waals surface area contributed by atoms with Crippen molar-refractivity contribution >= 4 is 34.7 Å². The number of nitrogens with zero attached hydrogens (tertiary/aromatic N) is 7. The monoisotopic (exact) mass is 449 g/mol. The first-order chi connectivity index (χ1) is 15.7. The van der Waals surface area contributed by atoms with Gasteiger partial charge in [0.25, 0.3) is 5.91 Å². The van der Waals surface area contributed by atoms with Gasteiger partial charge in [0.05, 0.1) is 11.3 Å². The number of hydrogen-bond donors (Lipinski definition) is 0. The zero-order valence-corrected chi connectivity index (χ0v) is 18.2. The van der Waals surface area contributed by atoms with Crippen LogP contribution in [-0.4, -0.2) is 68.2 Å². The summed E-state index contributed by atoms with van der Waals surface area (Å²) in [7, 11) is 0. The van der Waals surface area contributed by atoms with Crippen molar-refractivity contribution in [3.8, 4) is 5.69 Å². The molecular weight excluding hydrogens is 429 g/mol. The number of amides is 1. The van der Waals surface area contributed by atoms with Crippen LogP contribution in [0.3, 0.4) is 0 Å². The summed E-state index contributed by atoms with van der Waals surface area (Å²) in [4.78, 5) is 26.7. The van der Waals surface area contributed by atoms with Gasteiger partial charge in [-0.25, -0.2) is 14.4 Å². The molecule has 0 N–H and O–H groups in total. The lowest BCUT2D eigenvalue weighted by atomic mass is 10.2. The molecule has 0 unspecified atom stereocenters. The van der Waals surface area contributed by atoms with E-state index in [1.54, 1.807) is 23.9 Å². The normalized spacial score (nSPS) is 14.2. The summed E-state index contributed by atoms with van der Waals surface area (Å²) in [6.45, 7) is 2.38. The molecule has 1 fully saturated rings. The number of carbonyl (C=O) groups is 1. The molecule has 1 aliphatic rings. The quantitative estimate of drug-likeness (QED) is 0.443. The van der Waals surface area contributed by atoms with Crippen LogP contribution in [0.5, 0.6) is 0 Å². The Morgan fingerprint density at radius 2 is 1.84 bits per heavy atom. The van der Waals surface area contributed by atoms with E-state index in [0.29, 0.717) is 48.8 Å². The third-order valence-electron chi connectivity index (χ3n) is 5.48. The van der Waals surface area contributed by atoms with Gasteiger partial charge in [-0.3, -0.25) is 4.79 Å². The molecule has 0 spiro atoms. The lowest BCUT2D eigenvalue weighted by Gasteiger charge is -2.35. The number of benzene rings is 2. The maximum absolute atomic E-state index is 13.7. The Kier molecular flexibility index (Phi) is 5.44. The fourth-order valence-electron chi connectivity index (χ4n) is 3.86. The van der Waals surface area contributed by atoms with Crippen LogP contribution in [0.15, 0.2) is 59.8 Å². The van der Waals surface area contributed by atoms with Crippen molar-refractivity contribution in [3.05, 3.63) is 66.2 Å². The number of fused-ring (bicyclic) bond motifs is 1. The van der Waals surface area contributed by atoms with Crippen LogP contribution in [0.25, 0.3) is 16.9 Å². The van der Waals surface area contributed by atoms with Gasteiger partial charge in [0, 0.05) is 31.1 Å². The predicted molar refractivity (Wildman–Crippen MR) is 121 cm³/mol. The highest BCUT2D eigenvalue weighted by molar-refractivity contribution is 7.98. The number of rotatable bonds is 4. The van der Waals surface area contributed by atoms with E-state index in [0.717, 1.165) is 10.5 Å². The van der Waals surface area contributed by atoms with E-state index < -0.39 is 0 Å². The fraction of sp³-hybridized carbons (Fsp3) is 0.227. The zero-order valence-electron chi connectivity index (χ0n) is 17.3. The van der Waals surface area contributed by atoms with Gasteiger partial charge in [0.15, 0.2) is 17.0 Å². The van der Waals surface area contributed by atoms with E-state index in [2.05, 4.69) is 25.2 Å². The molecule has 1 aliphatic heterocycles. The lowest BCUT2D eigenvalue weighted by Crippen LogP contribution is -2.49. The number of thioether (sulfide) groups is 1. The molecule has 0 aliphatic carbocycles. The smallest absolute Gasteiger partial charge is 0.255 e. The predicted octanol–water partition coefficient (Wildman–Crippen LogP) is 3.03. The molecule has 0 radical (unpaired) electrons. The Labute approximate surface area is 188 Å². The molecule has 2 aromatic heterocycles. The summed E-state index contributed by atoms with van der Waals surface area (Å²) in [6.07, 6.45) is 3.43. The molecule has 0 saturated carbocycles. The van der Waals surface area contributed by atoms with Crippen LogP contribution < -0.4 is 4.90 Å². The number of halogens is 1. The molecule has 5 rings (SSSR count). The molecule has 8 nitrogen and oxygen atoms in total. The van der Waals surface area contributed by atoms with Crippen LogP contribution in [0, 0.1) is 5.82 Å². The SMILES string of the molecule is CSc1ccccc1C(=O)N1CCN(c2ncnc3c2nnn3-c2cccc(F)c2)CC1. The first-order valence-electron chi connectivity index (χ1n) is 10.2. The Hall–Kier alpha value is -3.53. The first kappa shape index (κ1) is 20.4. The molecule has 32 heavy (non-hydrogen) atoms. The second-order valence-electron chi connectivity index (χ2n) is 7.33. The summed E-state index contributed by atoms with van der Waals surface area (Å²) < 4.78 is 15.2. The van der Waals surface area contributed by atoms with Gasteiger partial charge in [-0.2, -0.15) is 4.68 Å². The van der Waals surface area contributed by atoms with Gasteiger partial charge in [-0.05, 0) is 36.6 Å². The van der Waals surface area contributed by atoms with Crippen molar-refractivity contribution in [1.82, 2.24) is 29.9 Å². The Bertz CT molecular complexity index is 1290. The Balaban J connectivity index is 1.37. The number of anilines is 1. The van der Waals surface area contributed by atoms with E-state index >= 15 is 0 Å². The van der Waals surface area contributed by atoms with Gasteiger partial charge in [0.2, 0.25) is 0 Å². The summed E-state index contributed by atoms with van der Waals surface area (Å²) in [5.74, 6) is 0.345. The Morgan fingerprint density at radius 3 is 2.62 bits per heavy atom. The van der Waals surface area contributed by atoms with Crippen molar-refractivity contribution in [3.63, 3.8) is 0 Å². The molecule has 1 saturated heterocycles. The molecular formula is C22H20FN7OS. The topological polar surface area (TPSA) is 80.0 Å². The van der Waals surface area contributed by atoms with E-state index in [1.165, 1.54) is 23.1 Å². The minimum absolute atomic E-state index is 0.0412. The van der Waals surface area contributed by atoms with Crippen molar-refractivity contribution < 1.29 is 9.18 Å². The summed E-state index contributed by atoms with van der Waals surface area (Å²) >= 11 is 1.57. The molecule has 10 heteroatoms. The highest BCUT2D eigenvalue weighted by Crippen LogP contribution is 2.25. The number of hydrogen-bond acceptors (Lipinski definition) is 7. The van der Waals surface area contributed by atoms with Crippen LogP contribution in [-0.2, 0) is 0 Å². The minimum Gasteiger partial charge on any atom is -0.351 e. The maximum atomic E-state index is 13.7. The second kappa shape index (κ2) is 8.54. The molecule has 1 amide bonds. The van der Waals surface area contributed by atoms with E-state index in [-0.39, 0.29) is 11.7 Å². The third kappa shape index (κ3) is 3.66. The van der Waals surface area contributed by atoms with Gasteiger partial charge < -0.3 is 9.80 Å². The van der Waals surface area contributed by atoms with Crippen LogP contribution in [0.1, 0.15) is 10.4 Å². The van der Waals surface area contributed by atoms with Crippen molar-refractivity contribution in [2.24, 2.45) is 0 Å². The Morgan fingerprint density at radius 1 is 1.03 bits per heavy atom. The fourth-order valence-corrected chi connectivity index (χ4v) is 4.45. The first-order valence-corrected chi connectivity index (χ1v) is 11.4. The van der Waals surface area contributed by atoms with Crippen LogP contribution >= 0.6 is 11.8 Å². The lowest BCUT2D eigenvalue weighted by molar-refractivity contribution is 0.0743. The summed E-state index contributed by atoms with van der Waals surface area (Å²) in [6, 6.07) is 13.8. The van der Waals surface area contributed by atoms with Crippen LogP contribution in [0.4, 0.5) is 10.2 Å². The molecule has 162 valence electrons. The van der Waals surface area contributed by atoms with Crippen LogP contribution in [0.2, 0.25) is 0 Å². The van der Waals surface area contributed by atoms with E-state index in [4.69, 9.17) is 0 Å². The number of aromatic nitrogens is 5. The molecule has 3 heterocycles. The van der Waals surface area contributed by atoms with E-state index in [9.17, 15) is 9.18 Å². The molecule has 2 aromatic carbocycles. The molecule has 4 aromatic rings. The standard InChI is InChI=1S/C22H20FN7OS/c1-32-18-8-3-2-7-17(18)22(31)29-11-9-28(10-12-29)20-19-21(25-14-24-20)30(27-26-19)16-6-4-5-15(23)13-16/h2-8,13-14H,9-12H2,1H3. The maximum Gasteiger partial charge on any atom is 0.255 e. The van der Waals surface area contributed by atoms with Gasteiger partial charge in [-0.15, -0.1) is 16.9 Å². The molecule has 0 bridgehead atoms. The number of carbonyl (C=O) groups excluding carboxylic acids is 1. The van der Waals surface area contributed by atoms with Crippen molar-refractivity contribution in [1.29, 1.82) is 0 Å². The van der Waals surface area contributed by atoms with Gasteiger partial charge in [-0.1, -0.05) is 23.4 Å². The van der Waals surface area contributed by atoms with E-state index in [1.807, 2.05) is 35.4 Å². The summed E-state index contributed by atoms with van der Waals surface area (Å²) in [5, 5.41) is 8.43. The highest BCUT2D eigenvalue weighted by Gasteiger charge is 2.26. The highest BCUT2D eigenvalue weighted by atomic mass is 32.2. The van der Waals surface area contributed by atoms with Gasteiger partial charge >= 0.3 is 0 Å². The second-order valence-corrected chi connectivity index (χ2v) is 8.18. The zero-order chi connectivity index (χ0) is 22.1.